The van der Waals surface area contributed by atoms with Crippen LogP contribution in [0, 0.1) is 41.4 Å². The Hall–Kier alpha value is -1.80. The molecule has 5 heteroatoms. The van der Waals surface area contributed by atoms with Crippen molar-refractivity contribution in [3.63, 3.8) is 0 Å². The highest BCUT2D eigenvalue weighted by molar-refractivity contribution is 5.96. The molecule has 0 radical (unpaired) electrons. The van der Waals surface area contributed by atoms with Crippen LogP contribution in [0.2, 0.25) is 0 Å². The molecule has 5 rings (SSSR count). The Kier molecular flexibility index (Phi) is 5.86. The lowest BCUT2D eigenvalue weighted by atomic mass is 9.50. The number of hydrogen-bond acceptors (Lipinski definition) is 5. The molecule has 1 unspecified atom stereocenters. The van der Waals surface area contributed by atoms with Gasteiger partial charge in [-0.1, -0.05) is 23.6 Å². The maximum absolute atomic E-state index is 11.9. The normalized spacial score (nSPS) is 44.5. The minimum Gasteiger partial charge on any atom is -0.445 e. The molecule has 0 bridgehead atoms. The van der Waals surface area contributed by atoms with Crippen molar-refractivity contribution < 1.29 is 19.1 Å². The number of fused-ring (bicyclic) bond motifs is 5. The number of terminal acetylenes is 1. The minimum atomic E-state index is -0.727. The summed E-state index contributed by atoms with van der Waals surface area (Å²) in [6.45, 7) is 4.57. The molecule has 1 saturated heterocycles. The Morgan fingerprint density at radius 3 is 2.78 bits per heavy atom. The summed E-state index contributed by atoms with van der Waals surface area (Å²) in [4.78, 5) is 17.6. The average Bonchev–Trinajstić information content (AvgIpc) is 3.10. The Balaban J connectivity index is 1.30. The van der Waals surface area contributed by atoms with Crippen LogP contribution in [-0.4, -0.2) is 30.2 Å². The Morgan fingerprint density at radius 2 is 2.03 bits per heavy atom. The van der Waals surface area contributed by atoms with Crippen LogP contribution in [0.1, 0.15) is 84.5 Å². The molecule has 0 aromatic heterocycles. The van der Waals surface area contributed by atoms with E-state index in [1.54, 1.807) is 5.57 Å². The number of nitrogens with zero attached hydrogens (tertiary/aromatic N) is 1. The molecule has 0 amide bonds. The van der Waals surface area contributed by atoms with Crippen LogP contribution in [0.15, 0.2) is 16.8 Å². The number of carbonyl (C=O) groups is 1. The van der Waals surface area contributed by atoms with E-state index in [0.717, 1.165) is 70.1 Å². The zero-order valence-corrected chi connectivity index (χ0v) is 19.6. The molecule has 0 aromatic rings. The first-order valence-corrected chi connectivity index (χ1v) is 12.7. The monoisotopic (exact) mass is 439 g/mol. The van der Waals surface area contributed by atoms with Crippen molar-refractivity contribution in [2.75, 3.05) is 6.61 Å². The molecular weight excluding hydrogens is 402 g/mol. The van der Waals surface area contributed by atoms with Gasteiger partial charge in [-0.05, 0) is 94.0 Å². The zero-order valence-electron chi connectivity index (χ0n) is 19.6. The smallest absolute Gasteiger partial charge is 0.304 e. The van der Waals surface area contributed by atoms with E-state index in [1.807, 2.05) is 0 Å². The molecule has 0 aromatic carbocycles. The van der Waals surface area contributed by atoms with E-state index in [1.165, 1.54) is 19.8 Å². The van der Waals surface area contributed by atoms with E-state index < -0.39 is 5.60 Å². The molecule has 4 fully saturated rings. The van der Waals surface area contributed by atoms with Crippen molar-refractivity contribution in [1.82, 2.24) is 0 Å². The largest absolute Gasteiger partial charge is 0.445 e. The van der Waals surface area contributed by atoms with E-state index in [-0.39, 0.29) is 17.7 Å². The van der Waals surface area contributed by atoms with Crippen LogP contribution in [0.4, 0.5) is 0 Å². The molecule has 7 atom stereocenters. The second-order valence-corrected chi connectivity index (χ2v) is 10.9. The number of allylic oxidation sites excluding steroid dienone is 2. The van der Waals surface area contributed by atoms with Crippen LogP contribution in [-0.2, 0) is 19.1 Å². The van der Waals surface area contributed by atoms with Gasteiger partial charge in [0.05, 0.1) is 12.3 Å². The Labute approximate surface area is 192 Å². The maximum atomic E-state index is 11.9. The second kappa shape index (κ2) is 8.52. The van der Waals surface area contributed by atoms with Gasteiger partial charge in [0.2, 0.25) is 6.29 Å². The first kappa shape index (κ1) is 22.0. The fourth-order valence-corrected chi connectivity index (χ4v) is 7.86. The highest BCUT2D eigenvalue weighted by Crippen LogP contribution is 2.65. The molecule has 5 aliphatic rings. The van der Waals surface area contributed by atoms with Gasteiger partial charge in [-0.15, -0.1) is 6.42 Å². The molecule has 0 spiro atoms. The molecule has 4 aliphatic carbocycles. The predicted molar refractivity (Wildman–Crippen MR) is 123 cm³/mol. The van der Waals surface area contributed by atoms with Crippen molar-refractivity contribution in [3.05, 3.63) is 11.6 Å². The molecule has 174 valence electrons. The SMILES string of the molecule is C#C[C@]1(OC(C)=O)CC[C@H]2[C@@H]3CCC4=C/C(=N/OC5CCCCO5)CC[C@@H]4[C@H]3CC[C@@]21C. The van der Waals surface area contributed by atoms with Gasteiger partial charge >= 0.3 is 5.97 Å². The fourth-order valence-electron chi connectivity index (χ4n) is 7.86. The van der Waals surface area contributed by atoms with Crippen LogP contribution < -0.4 is 0 Å². The first-order valence-electron chi connectivity index (χ1n) is 12.7. The lowest BCUT2D eigenvalue weighted by Gasteiger charge is -2.55. The van der Waals surface area contributed by atoms with Gasteiger partial charge in [-0.3, -0.25) is 4.79 Å². The standard InChI is InChI=1S/C27H37NO4/c1-4-27(31-18(2)29)15-13-24-23-10-8-19-17-20(28-32-25-7-5-6-16-30-25)9-11-21(19)22(23)12-14-26(24,27)3/h1,17,21-25H,5-16H2,2-3H3/b28-20+/t21-,22+,23+,24-,25?,26-,27-/m0/s1. The Morgan fingerprint density at radius 1 is 1.16 bits per heavy atom. The number of oxime groups is 1. The predicted octanol–water partition coefficient (Wildman–Crippen LogP) is 5.39. The van der Waals surface area contributed by atoms with Crippen LogP contribution >= 0.6 is 0 Å². The summed E-state index contributed by atoms with van der Waals surface area (Å²) in [5, 5.41) is 4.47. The summed E-state index contributed by atoms with van der Waals surface area (Å²) >= 11 is 0. The number of hydrogen-bond donors (Lipinski definition) is 0. The minimum absolute atomic E-state index is 0.106. The first-order chi connectivity index (χ1) is 15.5. The summed E-state index contributed by atoms with van der Waals surface area (Å²) in [6, 6.07) is 0. The second-order valence-electron chi connectivity index (χ2n) is 10.9. The van der Waals surface area contributed by atoms with E-state index >= 15 is 0 Å². The number of ether oxygens (including phenoxy) is 2. The fraction of sp³-hybridized carbons (Fsp3) is 0.778. The zero-order chi connectivity index (χ0) is 22.3. The van der Waals surface area contributed by atoms with Gasteiger partial charge in [0.1, 0.15) is 0 Å². The summed E-state index contributed by atoms with van der Waals surface area (Å²) in [5.74, 6) is 5.28. The van der Waals surface area contributed by atoms with Crippen LogP contribution in [0.25, 0.3) is 0 Å². The summed E-state index contributed by atoms with van der Waals surface area (Å²) in [5.41, 5.74) is 1.81. The maximum Gasteiger partial charge on any atom is 0.304 e. The van der Waals surface area contributed by atoms with E-state index in [4.69, 9.17) is 20.7 Å². The topological polar surface area (TPSA) is 57.1 Å². The molecular formula is C27H37NO4. The third-order valence-corrected chi connectivity index (χ3v) is 9.41. The van der Waals surface area contributed by atoms with Crippen molar-refractivity contribution in [1.29, 1.82) is 0 Å². The third kappa shape index (κ3) is 3.59. The summed E-state index contributed by atoms with van der Waals surface area (Å²) < 4.78 is 11.5. The van der Waals surface area contributed by atoms with Gasteiger partial charge in [0, 0.05) is 18.8 Å². The van der Waals surface area contributed by atoms with Gasteiger partial charge in [-0.25, -0.2) is 0 Å². The molecule has 1 aliphatic heterocycles. The van der Waals surface area contributed by atoms with Gasteiger partial charge in [-0.2, -0.15) is 0 Å². The third-order valence-electron chi connectivity index (χ3n) is 9.41. The molecule has 1 heterocycles. The average molecular weight is 440 g/mol. The highest BCUT2D eigenvalue weighted by Gasteiger charge is 2.64. The summed E-state index contributed by atoms with van der Waals surface area (Å²) in [6.07, 6.45) is 19.9. The number of rotatable bonds is 3. The van der Waals surface area contributed by atoms with Crippen molar-refractivity contribution >= 4 is 11.7 Å². The molecule has 0 N–H and O–H groups in total. The molecule has 5 nitrogen and oxygen atoms in total. The van der Waals surface area contributed by atoms with Crippen LogP contribution in [0.5, 0.6) is 0 Å². The Bertz CT molecular complexity index is 850. The van der Waals surface area contributed by atoms with Crippen molar-refractivity contribution in [3.8, 4) is 12.3 Å². The molecule has 3 saturated carbocycles. The summed E-state index contributed by atoms with van der Waals surface area (Å²) in [7, 11) is 0. The van der Waals surface area contributed by atoms with Crippen molar-refractivity contribution in [2.45, 2.75) is 96.4 Å². The van der Waals surface area contributed by atoms with Gasteiger partial charge < -0.3 is 14.3 Å². The van der Waals surface area contributed by atoms with Crippen LogP contribution in [0.3, 0.4) is 0 Å². The van der Waals surface area contributed by atoms with Gasteiger partial charge in [0.25, 0.3) is 0 Å². The molecule has 32 heavy (non-hydrogen) atoms. The number of esters is 1. The number of carbonyl (C=O) groups excluding carboxylic acids is 1. The van der Waals surface area contributed by atoms with E-state index in [0.29, 0.717) is 23.7 Å². The van der Waals surface area contributed by atoms with Crippen molar-refractivity contribution in [2.24, 2.45) is 34.2 Å². The van der Waals surface area contributed by atoms with Gasteiger partial charge in [0.15, 0.2) is 5.60 Å². The highest BCUT2D eigenvalue weighted by atomic mass is 16.8. The lowest BCUT2D eigenvalue weighted by Crippen LogP contribution is -2.53. The quantitative estimate of drug-likeness (QED) is 0.336. The van der Waals surface area contributed by atoms with E-state index in [2.05, 4.69) is 24.1 Å². The lowest BCUT2D eigenvalue weighted by molar-refractivity contribution is -0.167. The van der Waals surface area contributed by atoms with E-state index in [9.17, 15) is 4.79 Å².